The molecule has 1 aliphatic heterocycles. The Bertz CT molecular complexity index is 540. The van der Waals surface area contributed by atoms with Crippen LogP contribution in [0.1, 0.15) is 55.4 Å². The number of carbonyl (C=O) groups is 2. The van der Waals surface area contributed by atoms with Crippen molar-refractivity contribution in [3.8, 4) is 0 Å². The van der Waals surface area contributed by atoms with Crippen LogP contribution in [0.15, 0.2) is 24.4 Å². The van der Waals surface area contributed by atoms with Gasteiger partial charge in [-0.2, -0.15) is 0 Å². The zero-order valence-corrected chi connectivity index (χ0v) is 13.5. The van der Waals surface area contributed by atoms with E-state index in [4.69, 9.17) is 0 Å². The van der Waals surface area contributed by atoms with E-state index in [-0.39, 0.29) is 17.7 Å². The van der Waals surface area contributed by atoms with Crippen molar-refractivity contribution in [1.82, 2.24) is 15.2 Å². The molecule has 1 aromatic heterocycles. The molecule has 2 amide bonds. The highest BCUT2D eigenvalue weighted by Gasteiger charge is 2.30. The fourth-order valence-electron chi connectivity index (χ4n) is 3.59. The van der Waals surface area contributed by atoms with Crippen LogP contribution in [0, 0.1) is 5.92 Å². The first-order chi connectivity index (χ1) is 11.2. The number of piperidine rings is 1. The molecule has 1 unspecified atom stereocenters. The Hall–Kier alpha value is -1.91. The third-order valence-corrected chi connectivity index (χ3v) is 4.91. The van der Waals surface area contributed by atoms with Crippen molar-refractivity contribution in [2.45, 2.75) is 51.0 Å². The molecule has 1 saturated carbocycles. The molecule has 1 saturated heterocycles. The van der Waals surface area contributed by atoms with E-state index in [9.17, 15) is 9.59 Å². The Morgan fingerprint density at radius 1 is 1.09 bits per heavy atom. The first kappa shape index (κ1) is 16.0. The molecule has 0 spiro atoms. The van der Waals surface area contributed by atoms with E-state index in [1.807, 2.05) is 6.07 Å². The quantitative estimate of drug-likeness (QED) is 0.931. The minimum absolute atomic E-state index is 0.0687. The number of likely N-dealkylation sites (tertiary alicyclic amines) is 1. The molecule has 1 aliphatic carbocycles. The number of pyridine rings is 1. The second-order valence-electron chi connectivity index (χ2n) is 6.65. The van der Waals surface area contributed by atoms with Gasteiger partial charge < -0.3 is 10.2 Å². The van der Waals surface area contributed by atoms with E-state index in [0.717, 1.165) is 25.7 Å². The Kier molecular flexibility index (Phi) is 5.26. The number of amides is 2. The molecule has 0 aromatic carbocycles. The summed E-state index contributed by atoms with van der Waals surface area (Å²) < 4.78 is 0. The van der Waals surface area contributed by atoms with Gasteiger partial charge in [-0.3, -0.25) is 14.6 Å². The smallest absolute Gasteiger partial charge is 0.272 e. The zero-order chi connectivity index (χ0) is 16.1. The normalized spacial score (nSPS) is 22.6. The predicted octanol–water partition coefficient (Wildman–Crippen LogP) is 2.38. The van der Waals surface area contributed by atoms with Crippen LogP contribution in [0.3, 0.4) is 0 Å². The summed E-state index contributed by atoms with van der Waals surface area (Å²) >= 11 is 0. The summed E-state index contributed by atoms with van der Waals surface area (Å²) in [4.78, 5) is 30.9. The van der Waals surface area contributed by atoms with Gasteiger partial charge >= 0.3 is 0 Å². The molecule has 0 bridgehead atoms. The van der Waals surface area contributed by atoms with Crippen molar-refractivity contribution in [1.29, 1.82) is 0 Å². The number of hydrogen-bond donors (Lipinski definition) is 1. The molecule has 1 atom stereocenters. The average molecular weight is 315 g/mol. The van der Waals surface area contributed by atoms with Crippen LogP contribution in [-0.4, -0.2) is 40.8 Å². The lowest BCUT2D eigenvalue weighted by Gasteiger charge is -2.33. The lowest BCUT2D eigenvalue weighted by atomic mass is 9.93. The van der Waals surface area contributed by atoms with E-state index in [1.54, 1.807) is 23.2 Å². The van der Waals surface area contributed by atoms with Crippen LogP contribution >= 0.6 is 0 Å². The van der Waals surface area contributed by atoms with Gasteiger partial charge in [-0.15, -0.1) is 0 Å². The number of nitrogens with one attached hydrogen (secondary N) is 1. The second-order valence-corrected chi connectivity index (χ2v) is 6.65. The summed E-state index contributed by atoms with van der Waals surface area (Å²) in [6.07, 6.45) is 9.25. The molecule has 23 heavy (non-hydrogen) atoms. The van der Waals surface area contributed by atoms with E-state index in [1.165, 1.54) is 19.3 Å². The van der Waals surface area contributed by atoms with E-state index in [2.05, 4.69) is 10.3 Å². The lowest BCUT2D eigenvalue weighted by Crippen LogP contribution is -2.48. The molecule has 5 nitrogen and oxygen atoms in total. The van der Waals surface area contributed by atoms with Gasteiger partial charge in [0, 0.05) is 25.3 Å². The van der Waals surface area contributed by atoms with Gasteiger partial charge in [0.05, 0.1) is 5.92 Å². The Labute approximate surface area is 137 Å². The van der Waals surface area contributed by atoms with Crippen molar-refractivity contribution in [3.05, 3.63) is 30.1 Å². The molecular formula is C18H25N3O2. The molecule has 1 aromatic rings. The first-order valence-electron chi connectivity index (χ1n) is 8.75. The van der Waals surface area contributed by atoms with Gasteiger partial charge in [-0.1, -0.05) is 25.3 Å². The summed E-state index contributed by atoms with van der Waals surface area (Å²) in [5, 5.41) is 3.20. The summed E-state index contributed by atoms with van der Waals surface area (Å²) in [6.45, 7) is 1.22. The second kappa shape index (κ2) is 7.57. The van der Waals surface area contributed by atoms with Crippen molar-refractivity contribution >= 4 is 11.8 Å². The minimum Gasteiger partial charge on any atom is -0.353 e. The first-order valence-corrected chi connectivity index (χ1v) is 8.75. The number of aromatic nitrogens is 1. The van der Waals surface area contributed by atoms with Crippen molar-refractivity contribution in [3.63, 3.8) is 0 Å². The SMILES string of the molecule is O=C(NC1CCCCC1)C1CCCN(C(=O)c2ccccn2)C1. The highest BCUT2D eigenvalue weighted by Crippen LogP contribution is 2.21. The van der Waals surface area contributed by atoms with E-state index in [0.29, 0.717) is 24.8 Å². The van der Waals surface area contributed by atoms with Gasteiger partial charge in [-0.05, 0) is 37.8 Å². The van der Waals surface area contributed by atoms with Gasteiger partial charge in [0.1, 0.15) is 5.69 Å². The lowest BCUT2D eigenvalue weighted by molar-refractivity contribution is -0.127. The molecule has 2 fully saturated rings. The van der Waals surface area contributed by atoms with Crippen LogP contribution in [-0.2, 0) is 4.79 Å². The van der Waals surface area contributed by atoms with Gasteiger partial charge in [-0.25, -0.2) is 0 Å². The molecule has 1 N–H and O–H groups in total. The van der Waals surface area contributed by atoms with Gasteiger partial charge in [0.25, 0.3) is 5.91 Å². The van der Waals surface area contributed by atoms with Crippen molar-refractivity contribution in [2.24, 2.45) is 5.92 Å². The average Bonchev–Trinajstić information content (AvgIpc) is 2.63. The Morgan fingerprint density at radius 2 is 1.91 bits per heavy atom. The van der Waals surface area contributed by atoms with Crippen molar-refractivity contribution < 1.29 is 9.59 Å². The number of carbonyl (C=O) groups excluding carboxylic acids is 2. The summed E-state index contributed by atoms with van der Waals surface area (Å²) in [7, 11) is 0. The van der Waals surface area contributed by atoms with Crippen LogP contribution in [0.25, 0.3) is 0 Å². The molecule has 0 radical (unpaired) electrons. The summed E-state index contributed by atoms with van der Waals surface area (Å²) in [5.41, 5.74) is 0.459. The van der Waals surface area contributed by atoms with Crippen LogP contribution in [0.2, 0.25) is 0 Å². The Balaban J connectivity index is 1.57. The molecule has 124 valence electrons. The number of rotatable bonds is 3. The van der Waals surface area contributed by atoms with Crippen molar-refractivity contribution in [2.75, 3.05) is 13.1 Å². The molecule has 3 rings (SSSR count). The fraction of sp³-hybridized carbons (Fsp3) is 0.611. The molecular weight excluding hydrogens is 290 g/mol. The highest BCUT2D eigenvalue weighted by molar-refractivity contribution is 5.92. The monoisotopic (exact) mass is 315 g/mol. The summed E-state index contributed by atoms with van der Waals surface area (Å²) in [5.74, 6) is -0.0328. The maximum Gasteiger partial charge on any atom is 0.272 e. The Morgan fingerprint density at radius 3 is 2.65 bits per heavy atom. The zero-order valence-electron chi connectivity index (χ0n) is 13.5. The van der Waals surface area contributed by atoms with Gasteiger partial charge in [0.15, 0.2) is 0 Å². The molecule has 2 aliphatic rings. The minimum atomic E-state index is -0.0849. The number of hydrogen-bond acceptors (Lipinski definition) is 3. The van der Waals surface area contributed by atoms with E-state index < -0.39 is 0 Å². The fourth-order valence-corrected chi connectivity index (χ4v) is 3.59. The maximum atomic E-state index is 12.5. The standard InChI is InChI=1S/C18H25N3O2/c22-17(20-15-8-2-1-3-9-15)14-7-6-12-21(13-14)18(23)16-10-4-5-11-19-16/h4-5,10-11,14-15H,1-3,6-9,12-13H2,(H,20,22). The molecule has 2 heterocycles. The largest absolute Gasteiger partial charge is 0.353 e. The maximum absolute atomic E-state index is 12.5. The third kappa shape index (κ3) is 4.09. The molecule has 5 heteroatoms. The van der Waals surface area contributed by atoms with Crippen LogP contribution in [0.4, 0.5) is 0 Å². The number of nitrogens with zero attached hydrogens (tertiary/aromatic N) is 2. The van der Waals surface area contributed by atoms with Crippen LogP contribution in [0.5, 0.6) is 0 Å². The summed E-state index contributed by atoms with van der Waals surface area (Å²) in [6, 6.07) is 5.68. The third-order valence-electron chi connectivity index (χ3n) is 4.91. The van der Waals surface area contributed by atoms with E-state index >= 15 is 0 Å². The van der Waals surface area contributed by atoms with Crippen LogP contribution < -0.4 is 5.32 Å². The highest BCUT2D eigenvalue weighted by atomic mass is 16.2. The topological polar surface area (TPSA) is 62.3 Å². The predicted molar refractivity (Wildman–Crippen MR) is 87.9 cm³/mol. The van der Waals surface area contributed by atoms with Gasteiger partial charge in [0.2, 0.25) is 5.91 Å².